The first-order chi connectivity index (χ1) is 8.04. The highest BCUT2D eigenvalue weighted by Gasteiger charge is 2.05. The van der Waals surface area contributed by atoms with Gasteiger partial charge in [-0.1, -0.05) is 12.1 Å². The van der Waals surface area contributed by atoms with Crippen molar-refractivity contribution in [1.29, 1.82) is 0 Å². The molecule has 0 aliphatic carbocycles. The van der Waals surface area contributed by atoms with Crippen LogP contribution < -0.4 is 5.32 Å². The first kappa shape index (κ1) is 14.0. The summed E-state index contributed by atoms with van der Waals surface area (Å²) in [7, 11) is 0. The summed E-state index contributed by atoms with van der Waals surface area (Å²) < 4.78 is 0. The molecule has 0 radical (unpaired) electrons. The molecule has 3 heteroatoms. The number of aliphatic hydroxyl groups is 1. The van der Waals surface area contributed by atoms with Gasteiger partial charge < -0.3 is 15.5 Å². The molecule has 1 rings (SSSR count). The fraction of sp³-hybridized carbons (Fsp3) is 0.571. The Hall–Kier alpha value is -1.06. The van der Waals surface area contributed by atoms with Gasteiger partial charge in [0.1, 0.15) is 5.75 Å². The summed E-state index contributed by atoms with van der Waals surface area (Å²) in [6, 6.07) is 4.42. The van der Waals surface area contributed by atoms with E-state index in [2.05, 4.69) is 12.2 Å². The second-order valence-electron chi connectivity index (χ2n) is 4.73. The van der Waals surface area contributed by atoms with E-state index >= 15 is 0 Å². The SMILES string of the molecule is Cc1cc(CNC(C)CCCO)cc(C)c1O. The maximum absolute atomic E-state index is 9.68. The number of hydrogen-bond donors (Lipinski definition) is 3. The van der Waals surface area contributed by atoms with Crippen molar-refractivity contribution in [1.82, 2.24) is 5.32 Å². The Balaban J connectivity index is 2.52. The van der Waals surface area contributed by atoms with Crippen molar-refractivity contribution in [3.8, 4) is 5.75 Å². The van der Waals surface area contributed by atoms with E-state index in [9.17, 15) is 5.11 Å². The Bertz CT molecular complexity index is 340. The maximum Gasteiger partial charge on any atom is 0.121 e. The highest BCUT2D eigenvalue weighted by atomic mass is 16.3. The van der Waals surface area contributed by atoms with Gasteiger partial charge in [0.25, 0.3) is 0 Å². The lowest BCUT2D eigenvalue weighted by Gasteiger charge is -2.14. The Morgan fingerprint density at radius 3 is 2.35 bits per heavy atom. The van der Waals surface area contributed by atoms with E-state index in [-0.39, 0.29) is 6.61 Å². The molecule has 0 amide bonds. The van der Waals surface area contributed by atoms with Crippen molar-refractivity contribution >= 4 is 0 Å². The summed E-state index contributed by atoms with van der Waals surface area (Å²) in [5, 5.41) is 21.8. The van der Waals surface area contributed by atoms with Crippen molar-refractivity contribution in [2.45, 2.75) is 46.2 Å². The van der Waals surface area contributed by atoms with Gasteiger partial charge in [-0.2, -0.15) is 0 Å². The lowest BCUT2D eigenvalue weighted by atomic mass is 10.1. The molecule has 0 saturated heterocycles. The number of aliphatic hydroxyl groups excluding tert-OH is 1. The number of aryl methyl sites for hydroxylation is 2. The van der Waals surface area contributed by atoms with E-state index in [1.54, 1.807) is 0 Å². The zero-order valence-corrected chi connectivity index (χ0v) is 11.0. The standard InChI is InChI=1S/C14H23NO2/c1-10-7-13(8-11(2)14(10)17)9-15-12(3)5-4-6-16/h7-8,12,15-17H,4-6,9H2,1-3H3. The molecule has 0 bridgehead atoms. The lowest BCUT2D eigenvalue weighted by Crippen LogP contribution is -2.25. The van der Waals surface area contributed by atoms with E-state index in [0.717, 1.165) is 30.5 Å². The number of hydrogen-bond acceptors (Lipinski definition) is 3. The zero-order chi connectivity index (χ0) is 12.8. The summed E-state index contributed by atoms with van der Waals surface area (Å²) in [4.78, 5) is 0. The fourth-order valence-corrected chi connectivity index (χ4v) is 1.94. The molecule has 0 aliphatic rings. The molecule has 1 atom stereocenters. The van der Waals surface area contributed by atoms with Crippen LogP contribution in [0.3, 0.4) is 0 Å². The van der Waals surface area contributed by atoms with E-state index in [0.29, 0.717) is 11.8 Å². The average molecular weight is 237 g/mol. The molecule has 0 aromatic heterocycles. The molecular weight excluding hydrogens is 214 g/mol. The maximum atomic E-state index is 9.68. The second-order valence-corrected chi connectivity index (χ2v) is 4.73. The van der Waals surface area contributed by atoms with Gasteiger partial charge in [0.15, 0.2) is 0 Å². The highest BCUT2D eigenvalue weighted by Crippen LogP contribution is 2.22. The van der Waals surface area contributed by atoms with Gasteiger partial charge in [-0.05, 0) is 50.3 Å². The molecule has 0 fully saturated rings. The van der Waals surface area contributed by atoms with Crippen LogP contribution in [0.2, 0.25) is 0 Å². The lowest BCUT2D eigenvalue weighted by molar-refractivity contribution is 0.276. The van der Waals surface area contributed by atoms with Crippen LogP contribution in [0.25, 0.3) is 0 Å². The molecule has 1 aromatic rings. The molecule has 1 unspecified atom stereocenters. The van der Waals surface area contributed by atoms with Gasteiger partial charge in [-0.15, -0.1) is 0 Å². The molecule has 96 valence electrons. The van der Waals surface area contributed by atoms with E-state index < -0.39 is 0 Å². The van der Waals surface area contributed by atoms with Gasteiger partial charge >= 0.3 is 0 Å². The van der Waals surface area contributed by atoms with Crippen LogP contribution in [0.1, 0.15) is 36.5 Å². The van der Waals surface area contributed by atoms with Gasteiger partial charge in [0.2, 0.25) is 0 Å². The minimum atomic E-state index is 0.253. The Labute approximate surface area is 103 Å². The molecule has 0 saturated carbocycles. The summed E-state index contributed by atoms with van der Waals surface area (Å²) in [5.74, 6) is 0.391. The number of nitrogens with one attached hydrogen (secondary N) is 1. The summed E-state index contributed by atoms with van der Waals surface area (Å²) in [6.07, 6.45) is 1.81. The largest absolute Gasteiger partial charge is 0.507 e. The quantitative estimate of drug-likeness (QED) is 0.711. The molecule has 0 aliphatic heterocycles. The normalized spacial score (nSPS) is 12.7. The van der Waals surface area contributed by atoms with Crippen molar-refractivity contribution in [3.63, 3.8) is 0 Å². The monoisotopic (exact) mass is 237 g/mol. The third kappa shape index (κ3) is 4.36. The number of phenolic OH excluding ortho intramolecular Hbond substituents is 1. The predicted octanol–water partition coefficient (Wildman–Crippen LogP) is 2.26. The number of benzene rings is 1. The third-order valence-corrected chi connectivity index (χ3v) is 3.00. The Kier molecular flexibility index (Phi) is 5.45. The minimum Gasteiger partial charge on any atom is -0.507 e. The molecular formula is C14H23NO2. The van der Waals surface area contributed by atoms with E-state index in [1.807, 2.05) is 26.0 Å². The molecule has 1 aromatic carbocycles. The molecule has 3 N–H and O–H groups in total. The van der Waals surface area contributed by atoms with E-state index in [4.69, 9.17) is 5.11 Å². The van der Waals surface area contributed by atoms with Crippen molar-refractivity contribution < 1.29 is 10.2 Å². The first-order valence-electron chi connectivity index (χ1n) is 6.18. The Morgan fingerprint density at radius 2 is 1.82 bits per heavy atom. The third-order valence-electron chi connectivity index (χ3n) is 3.00. The van der Waals surface area contributed by atoms with Crippen LogP contribution in [0.5, 0.6) is 5.75 Å². The van der Waals surface area contributed by atoms with Crippen LogP contribution in [-0.4, -0.2) is 22.9 Å². The second kappa shape index (κ2) is 6.62. The van der Waals surface area contributed by atoms with Crippen LogP contribution in [0.15, 0.2) is 12.1 Å². The first-order valence-corrected chi connectivity index (χ1v) is 6.18. The van der Waals surface area contributed by atoms with Crippen LogP contribution >= 0.6 is 0 Å². The van der Waals surface area contributed by atoms with E-state index in [1.165, 1.54) is 5.56 Å². The highest BCUT2D eigenvalue weighted by molar-refractivity contribution is 5.42. The van der Waals surface area contributed by atoms with Crippen LogP contribution in [0, 0.1) is 13.8 Å². The van der Waals surface area contributed by atoms with Crippen LogP contribution in [0.4, 0.5) is 0 Å². The van der Waals surface area contributed by atoms with Gasteiger partial charge in [-0.25, -0.2) is 0 Å². The average Bonchev–Trinajstić information content (AvgIpc) is 2.30. The van der Waals surface area contributed by atoms with Crippen LogP contribution in [-0.2, 0) is 6.54 Å². The van der Waals surface area contributed by atoms with Gasteiger partial charge in [0.05, 0.1) is 0 Å². The molecule has 3 nitrogen and oxygen atoms in total. The fourth-order valence-electron chi connectivity index (χ4n) is 1.94. The summed E-state index contributed by atoms with van der Waals surface area (Å²) in [5.41, 5.74) is 3.03. The smallest absolute Gasteiger partial charge is 0.121 e. The number of aromatic hydroxyl groups is 1. The summed E-state index contributed by atoms with van der Waals surface area (Å²) in [6.45, 7) is 7.01. The predicted molar refractivity (Wildman–Crippen MR) is 70.2 cm³/mol. The van der Waals surface area contributed by atoms with Gasteiger partial charge in [0, 0.05) is 19.2 Å². The molecule has 0 heterocycles. The zero-order valence-electron chi connectivity index (χ0n) is 11.0. The topological polar surface area (TPSA) is 52.5 Å². The van der Waals surface area contributed by atoms with Crippen molar-refractivity contribution in [2.75, 3.05) is 6.61 Å². The Morgan fingerprint density at radius 1 is 1.24 bits per heavy atom. The van der Waals surface area contributed by atoms with Gasteiger partial charge in [-0.3, -0.25) is 0 Å². The number of rotatable bonds is 6. The van der Waals surface area contributed by atoms with Crippen molar-refractivity contribution in [3.05, 3.63) is 28.8 Å². The van der Waals surface area contributed by atoms with Crippen molar-refractivity contribution in [2.24, 2.45) is 0 Å². The summed E-state index contributed by atoms with van der Waals surface area (Å²) >= 11 is 0. The minimum absolute atomic E-state index is 0.253. The molecule has 17 heavy (non-hydrogen) atoms. The number of phenols is 1. The molecule has 0 spiro atoms.